The average Bonchev–Trinajstić information content (AvgIpc) is 2.68. The van der Waals surface area contributed by atoms with Crippen molar-refractivity contribution in [3.05, 3.63) is 39.3 Å². The highest BCUT2D eigenvalue weighted by molar-refractivity contribution is 6.03. The van der Waals surface area contributed by atoms with Gasteiger partial charge in [0.2, 0.25) is 5.91 Å². The molecule has 1 heterocycles. The van der Waals surface area contributed by atoms with Crippen LogP contribution in [0.15, 0.2) is 16.9 Å². The zero-order chi connectivity index (χ0) is 24.2. The van der Waals surface area contributed by atoms with Crippen LogP contribution in [0.25, 0.3) is 10.8 Å². The summed E-state index contributed by atoms with van der Waals surface area (Å²) in [6, 6.07) is 3.22. The molecule has 32 heavy (non-hydrogen) atoms. The molecule has 0 fully saturated rings. The molecule has 0 saturated heterocycles. The van der Waals surface area contributed by atoms with Crippen LogP contribution in [-0.4, -0.2) is 23.2 Å². The van der Waals surface area contributed by atoms with E-state index in [2.05, 4.69) is 0 Å². The standard InChI is InChI=1S/C24H35N3O5/c1-7-8-11-31-20-17(13-32-23(26)30)27(12-14(2)3)22(29)15-9-10-16(21(25)28)19(18(15)20)24(4,5)6/h9-10,14H,7-8,11-13H2,1-6H3,(H2,25,28)(H2,26,30). The second-order valence-electron chi connectivity index (χ2n) is 9.42. The summed E-state index contributed by atoms with van der Waals surface area (Å²) < 4.78 is 12.9. The Kier molecular flexibility index (Phi) is 7.93. The number of hydrogen-bond donors (Lipinski definition) is 2. The summed E-state index contributed by atoms with van der Waals surface area (Å²) in [6.45, 7) is 12.4. The number of unbranched alkanes of at least 4 members (excludes halogenated alkanes) is 1. The van der Waals surface area contributed by atoms with Crippen molar-refractivity contribution < 1.29 is 19.1 Å². The highest BCUT2D eigenvalue weighted by Crippen LogP contribution is 2.39. The number of hydrogen-bond acceptors (Lipinski definition) is 5. The molecule has 2 aromatic rings. The van der Waals surface area contributed by atoms with Gasteiger partial charge in [-0.1, -0.05) is 48.0 Å². The molecule has 0 radical (unpaired) electrons. The van der Waals surface area contributed by atoms with Gasteiger partial charge in [-0.15, -0.1) is 0 Å². The molecule has 0 aliphatic rings. The highest BCUT2D eigenvalue weighted by Gasteiger charge is 2.29. The van der Waals surface area contributed by atoms with Crippen LogP contribution in [0.5, 0.6) is 5.75 Å². The molecule has 2 amide bonds. The number of carbonyl (C=O) groups is 2. The number of fused-ring (bicyclic) bond motifs is 1. The third kappa shape index (κ3) is 5.41. The molecule has 0 unspecified atom stereocenters. The van der Waals surface area contributed by atoms with Crippen molar-refractivity contribution in [3.8, 4) is 5.75 Å². The number of amides is 2. The average molecular weight is 446 g/mol. The van der Waals surface area contributed by atoms with Gasteiger partial charge in [-0.25, -0.2) is 4.79 Å². The van der Waals surface area contributed by atoms with Gasteiger partial charge in [0.05, 0.1) is 12.0 Å². The molecule has 8 heteroatoms. The zero-order valence-corrected chi connectivity index (χ0v) is 19.9. The minimum Gasteiger partial charge on any atom is -0.491 e. The van der Waals surface area contributed by atoms with Crippen molar-refractivity contribution in [1.82, 2.24) is 4.57 Å². The molecule has 8 nitrogen and oxygen atoms in total. The molecule has 0 aliphatic carbocycles. The Morgan fingerprint density at radius 2 is 1.81 bits per heavy atom. The molecule has 1 aromatic carbocycles. The number of nitrogens with two attached hydrogens (primary N) is 2. The second-order valence-corrected chi connectivity index (χ2v) is 9.42. The Morgan fingerprint density at radius 3 is 2.31 bits per heavy atom. The third-order valence-corrected chi connectivity index (χ3v) is 5.15. The van der Waals surface area contributed by atoms with Crippen LogP contribution in [0.3, 0.4) is 0 Å². The van der Waals surface area contributed by atoms with E-state index in [1.54, 1.807) is 16.7 Å². The van der Waals surface area contributed by atoms with Gasteiger partial charge >= 0.3 is 6.09 Å². The van der Waals surface area contributed by atoms with Gasteiger partial charge < -0.3 is 25.5 Å². The van der Waals surface area contributed by atoms with Crippen molar-refractivity contribution in [2.24, 2.45) is 17.4 Å². The molecular weight excluding hydrogens is 410 g/mol. The van der Waals surface area contributed by atoms with Gasteiger partial charge in [0, 0.05) is 17.5 Å². The first-order valence-corrected chi connectivity index (χ1v) is 11.0. The Balaban J connectivity index is 3.08. The number of ether oxygens (including phenoxy) is 2. The fourth-order valence-corrected chi connectivity index (χ4v) is 3.85. The predicted octanol–water partition coefficient (Wildman–Crippen LogP) is 3.83. The minimum atomic E-state index is -0.949. The lowest BCUT2D eigenvalue weighted by atomic mass is 9.80. The molecule has 0 aliphatic heterocycles. The normalized spacial score (nSPS) is 11.7. The van der Waals surface area contributed by atoms with Crippen molar-refractivity contribution >= 4 is 22.8 Å². The molecule has 0 bridgehead atoms. The van der Waals surface area contributed by atoms with Crippen LogP contribution in [-0.2, 0) is 23.3 Å². The maximum absolute atomic E-state index is 13.6. The summed E-state index contributed by atoms with van der Waals surface area (Å²) in [4.78, 5) is 37.3. The van der Waals surface area contributed by atoms with E-state index in [4.69, 9.17) is 20.9 Å². The maximum atomic E-state index is 13.6. The Morgan fingerprint density at radius 1 is 1.16 bits per heavy atom. The van der Waals surface area contributed by atoms with E-state index in [-0.39, 0.29) is 18.1 Å². The van der Waals surface area contributed by atoms with Crippen molar-refractivity contribution in [2.75, 3.05) is 6.61 Å². The Hall–Kier alpha value is -3.03. The van der Waals surface area contributed by atoms with Gasteiger partial charge in [0.1, 0.15) is 12.3 Å². The molecule has 0 saturated carbocycles. The molecule has 2 rings (SSSR count). The van der Waals surface area contributed by atoms with E-state index >= 15 is 0 Å². The lowest BCUT2D eigenvalue weighted by Crippen LogP contribution is -2.30. The largest absolute Gasteiger partial charge is 0.491 e. The number of pyridine rings is 1. The number of nitrogens with zero attached hydrogens (tertiary/aromatic N) is 1. The molecular formula is C24H35N3O5. The number of carbonyl (C=O) groups excluding carboxylic acids is 2. The first-order valence-electron chi connectivity index (χ1n) is 11.0. The van der Waals surface area contributed by atoms with Crippen LogP contribution in [0, 0.1) is 5.92 Å². The molecule has 0 atom stereocenters. The van der Waals surface area contributed by atoms with E-state index in [1.807, 2.05) is 41.5 Å². The minimum absolute atomic E-state index is 0.146. The zero-order valence-electron chi connectivity index (χ0n) is 19.9. The number of rotatable bonds is 9. The van der Waals surface area contributed by atoms with E-state index in [0.29, 0.717) is 46.5 Å². The predicted molar refractivity (Wildman–Crippen MR) is 125 cm³/mol. The Labute approximate surface area is 188 Å². The molecule has 176 valence electrons. The number of aromatic nitrogens is 1. The quantitative estimate of drug-likeness (QED) is 0.567. The van der Waals surface area contributed by atoms with Crippen LogP contribution < -0.4 is 21.8 Å². The SMILES string of the molecule is CCCCOc1c(COC(N)=O)n(CC(C)C)c(=O)c2ccc(C(N)=O)c(C(C)(C)C)c12. The summed E-state index contributed by atoms with van der Waals surface area (Å²) in [5, 5.41) is 0.952. The summed E-state index contributed by atoms with van der Waals surface area (Å²) in [5.74, 6) is -0.0199. The smallest absolute Gasteiger partial charge is 0.404 e. The van der Waals surface area contributed by atoms with Gasteiger partial charge in [-0.2, -0.15) is 0 Å². The van der Waals surface area contributed by atoms with E-state index in [1.165, 1.54) is 0 Å². The molecule has 1 aromatic heterocycles. The highest BCUT2D eigenvalue weighted by atomic mass is 16.5. The summed E-state index contributed by atoms with van der Waals surface area (Å²) >= 11 is 0. The van der Waals surface area contributed by atoms with Crippen LogP contribution in [0.1, 0.15) is 76.0 Å². The monoisotopic (exact) mass is 445 g/mol. The summed E-state index contributed by atoms with van der Waals surface area (Å²) in [5.41, 5.74) is 11.5. The van der Waals surface area contributed by atoms with Gasteiger partial charge in [-0.05, 0) is 35.4 Å². The topological polar surface area (TPSA) is 127 Å². The lowest BCUT2D eigenvalue weighted by Gasteiger charge is -2.28. The van der Waals surface area contributed by atoms with Crippen LogP contribution >= 0.6 is 0 Å². The lowest BCUT2D eigenvalue weighted by molar-refractivity contribution is 0.0998. The first-order chi connectivity index (χ1) is 14.9. The first kappa shape index (κ1) is 25.2. The van der Waals surface area contributed by atoms with E-state index in [9.17, 15) is 14.4 Å². The second kappa shape index (κ2) is 10.1. The van der Waals surface area contributed by atoms with Gasteiger partial charge in [0.25, 0.3) is 5.56 Å². The molecule has 4 N–H and O–H groups in total. The van der Waals surface area contributed by atoms with Crippen molar-refractivity contribution in [2.45, 2.75) is 73.0 Å². The summed E-state index contributed by atoms with van der Waals surface area (Å²) in [6.07, 6.45) is 0.756. The van der Waals surface area contributed by atoms with Crippen LogP contribution in [0.2, 0.25) is 0 Å². The number of benzene rings is 1. The van der Waals surface area contributed by atoms with Crippen LogP contribution in [0.4, 0.5) is 4.79 Å². The van der Waals surface area contributed by atoms with Gasteiger partial charge in [-0.3, -0.25) is 9.59 Å². The van der Waals surface area contributed by atoms with Gasteiger partial charge in [0.15, 0.2) is 5.75 Å². The number of primary amides is 2. The Bertz CT molecular complexity index is 1060. The van der Waals surface area contributed by atoms with Crippen molar-refractivity contribution in [1.29, 1.82) is 0 Å². The fraction of sp³-hybridized carbons (Fsp3) is 0.542. The molecule has 0 spiro atoms. The van der Waals surface area contributed by atoms with Crippen molar-refractivity contribution in [3.63, 3.8) is 0 Å². The maximum Gasteiger partial charge on any atom is 0.404 e. The summed E-state index contributed by atoms with van der Waals surface area (Å²) in [7, 11) is 0. The van der Waals surface area contributed by atoms with E-state index < -0.39 is 17.4 Å². The van der Waals surface area contributed by atoms with E-state index in [0.717, 1.165) is 12.8 Å². The fourth-order valence-electron chi connectivity index (χ4n) is 3.85. The third-order valence-electron chi connectivity index (χ3n) is 5.15.